The highest BCUT2D eigenvalue weighted by molar-refractivity contribution is 6.01. The summed E-state index contributed by atoms with van der Waals surface area (Å²) in [4.78, 5) is 24.3. The van der Waals surface area contributed by atoms with Crippen molar-refractivity contribution in [3.8, 4) is 0 Å². The molecule has 2 amide bonds. The van der Waals surface area contributed by atoms with Crippen molar-refractivity contribution in [2.45, 2.75) is 31.8 Å². The van der Waals surface area contributed by atoms with Crippen molar-refractivity contribution < 1.29 is 9.59 Å². The van der Waals surface area contributed by atoms with E-state index in [0.29, 0.717) is 6.54 Å². The molecule has 3 rings (SSSR count). The lowest BCUT2D eigenvalue weighted by Gasteiger charge is -2.26. The molecule has 0 saturated carbocycles. The minimum atomic E-state index is -0.440. The maximum atomic E-state index is 12.5. The van der Waals surface area contributed by atoms with E-state index in [1.807, 2.05) is 43.5 Å². The number of nitrogens with zero attached hydrogens (tertiary/aromatic N) is 2. The Bertz CT molecular complexity index is 681. The van der Waals surface area contributed by atoms with Crippen LogP contribution in [0.15, 0.2) is 42.7 Å². The predicted molar refractivity (Wildman–Crippen MR) is 82.3 cm³/mol. The van der Waals surface area contributed by atoms with Crippen molar-refractivity contribution in [2.75, 3.05) is 5.32 Å². The lowest BCUT2D eigenvalue weighted by molar-refractivity contribution is -0.126. The summed E-state index contributed by atoms with van der Waals surface area (Å²) in [6.07, 6.45) is 3.74. The minimum absolute atomic E-state index is 0.0652. The first-order valence-corrected chi connectivity index (χ1v) is 7.30. The van der Waals surface area contributed by atoms with Gasteiger partial charge < -0.3 is 10.6 Å². The van der Waals surface area contributed by atoms with Gasteiger partial charge in [0.2, 0.25) is 11.8 Å². The molecule has 22 heavy (non-hydrogen) atoms. The summed E-state index contributed by atoms with van der Waals surface area (Å²) in [6.45, 7) is 2.52. The number of fused-ring (bicyclic) bond motifs is 1. The van der Waals surface area contributed by atoms with Crippen LogP contribution in [0.4, 0.5) is 5.69 Å². The van der Waals surface area contributed by atoms with Crippen LogP contribution in [0.5, 0.6) is 0 Å². The number of rotatable bonds is 4. The van der Waals surface area contributed by atoms with Gasteiger partial charge in [-0.3, -0.25) is 14.3 Å². The zero-order valence-electron chi connectivity index (χ0n) is 12.3. The predicted octanol–water partition coefficient (Wildman–Crippen LogP) is 1.51. The molecular weight excluding hydrogens is 280 g/mol. The Hall–Kier alpha value is -2.63. The van der Waals surface area contributed by atoms with Gasteiger partial charge >= 0.3 is 0 Å². The van der Waals surface area contributed by atoms with E-state index in [1.165, 1.54) is 0 Å². The van der Waals surface area contributed by atoms with Crippen LogP contribution >= 0.6 is 0 Å². The summed E-state index contributed by atoms with van der Waals surface area (Å²) in [5.41, 5.74) is 1.59. The lowest BCUT2D eigenvalue weighted by Crippen LogP contribution is -2.41. The molecule has 6 heteroatoms. The van der Waals surface area contributed by atoms with Crippen molar-refractivity contribution in [3.63, 3.8) is 0 Å². The number of hydrogen-bond acceptors (Lipinski definition) is 3. The summed E-state index contributed by atoms with van der Waals surface area (Å²) in [7, 11) is 0. The highest BCUT2D eigenvalue weighted by atomic mass is 16.2. The average molecular weight is 298 g/mol. The fourth-order valence-electron chi connectivity index (χ4n) is 2.72. The van der Waals surface area contributed by atoms with Gasteiger partial charge in [0.15, 0.2) is 0 Å². The smallest absolute Gasteiger partial charge is 0.228 e. The van der Waals surface area contributed by atoms with Crippen LogP contribution in [0, 0.1) is 0 Å². The molecule has 1 aliphatic rings. The van der Waals surface area contributed by atoms with E-state index in [4.69, 9.17) is 0 Å². The van der Waals surface area contributed by atoms with Gasteiger partial charge in [0.1, 0.15) is 0 Å². The van der Waals surface area contributed by atoms with Crippen LogP contribution in [0.2, 0.25) is 0 Å². The van der Waals surface area contributed by atoms with Crippen molar-refractivity contribution in [2.24, 2.45) is 0 Å². The monoisotopic (exact) mass is 298 g/mol. The zero-order valence-corrected chi connectivity index (χ0v) is 12.3. The number of nitrogens with one attached hydrogen (secondary N) is 2. The Morgan fingerprint density at radius 2 is 2.27 bits per heavy atom. The number of carbonyl (C=O) groups is 2. The Morgan fingerprint density at radius 3 is 3.05 bits per heavy atom. The van der Waals surface area contributed by atoms with Crippen LogP contribution in [0.25, 0.3) is 0 Å². The summed E-state index contributed by atoms with van der Waals surface area (Å²) in [5, 5.41) is 9.90. The normalized spacial score (nSPS) is 18.2. The van der Waals surface area contributed by atoms with Crippen LogP contribution in [0.1, 0.15) is 24.8 Å². The standard InChI is InChI=1S/C16H18N4O2/c1-11(10-20-8-4-7-17-20)18-16(22)13-9-15(21)19-14-6-3-2-5-12(13)14/h2-8,11,13H,9-10H2,1H3,(H,18,22)(H,19,21)/t11-,13-/m1/s1. The number of para-hydroxylation sites is 1. The van der Waals surface area contributed by atoms with Crippen molar-refractivity contribution in [1.29, 1.82) is 0 Å². The number of hydrogen-bond donors (Lipinski definition) is 2. The molecule has 1 aromatic heterocycles. The van der Waals surface area contributed by atoms with E-state index in [-0.39, 0.29) is 24.3 Å². The molecule has 1 aliphatic heterocycles. The molecule has 0 radical (unpaired) electrons. The third-order valence-electron chi connectivity index (χ3n) is 3.73. The first-order valence-electron chi connectivity index (χ1n) is 7.30. The summed E-state index contributed by atoms with van der Waals surface area (Å²) >= 11 is 0. The first-order chi connectivity index (χ1) is 10.6. The van der Waals surface area contributed by atoms with Gasteiger partial charge in [-0.2, -0.15) is 5.10 Å². The molecule has 0 spiro atoms. The van der Waals surface area contributed by atoms with E-state index < -0.39 is 5.92 Å². The number of aromatic nitrogens is 2. The van der Waals surface area contributed by atoms with E-state index in [2.05, 4.69) is 15.7 Å². The third-order valence-corrected chi connectivity index (χ3v) is 3.73. The Balaban J connectivity index is 1.71. The highest BCUT2D eigenvalue weighted by Gasteiger charge is 2.30. The molecule has 2 atom stereocenters. The molecule has 6 nitrogen and oxygen atoms in total. The van der Waals surface area contributed by atoms with Gasteiger partial charge in [-0.1, -0.05) is 18.2 Å². The molecule has 2 aromatic rings. The van der Waals surface area contributed by atoms with Gasteiger partial charge in [0, 0.05) is 30.5 Å². The fraction of sp³-hybridized carbons (Fsp3) is 0.312. The zero-order chi connectivity index (χ0) is 15.5. The van der Waals surface area contributed by atoms with Crippen molar-refractivity contribution in [3.05, 3.63) is 48.3 Å². The second-order valence-electron chi connectivity index (χ2n) is 5.53. The van der Waals surface area contributed by atoms with Gasteiger partial charge in [-0.05, 0) is 24.6 Å². The molecule has 2 N–H and O–H groups in total. The molecule has 1 aromatic carbocycles. The summed E-state index contributed by atoms with van der Waals surface area (Å²) in [5.74, 6) is -0.689. The van der Waals surface area contributed by atoms with E-state index >= 15 is 0 Å². The van der Waals surface area contributed by atoms with Crippen LogP contribution in [-0.2, 0) is 16.1 Å². The molecule has 0 saturated heterocycles. The van der Waals surface area contributed by atoms with E-state index in [9.17, 15) is 9.59 Å². The SMILES string of the molecule is C[C@H](Cn1cccn1)NC(=O)[C@@H]1CC(=O)Nc2ccccc21. The third kappa shape index (κ3) is 3.00. The number of amides is 2. The number of anilines is 1. The number of carbonyl (C=O) groups excluding carboxylic acids is 2. The average Bonchev–Trinajstić information content (AvgIpc) is 2.98. The molecule has 0 aliphatic carbocycles. The molecule has 114 valence electrons. The minimum Gasteiger partial charge on any atom is -0.351 e. The second-order valence-corrected chi connectivity index (χ2v) is 5.53. The lowest BCUT2D eigenvalue weighted by atomic mass is 9.89. The summed E-state index contributed by atoms with van der Waals surface area (Å²) in [6, 6.07) is 9.21. The number of benzene rings is 1. The Morgan fingerprint density at radius 1 is 1.45 bits per heavy atom. The second kappa shape index (κ2) is 6.01. The Labute approximate surface area is 128 Å². The van der Waals surface area contributed by atoms with Crippen LogP contribution in [-0.4, -0.2) is 27.6 Å². The van der Waals surface area contributed by atoms with Gasteiger partial charge in [-0.25, -0.2) is 0 Å². The largest absolute Gasteiger partial charge is 0.351 e. The summed E-state index contributed by atoms with van der Waals surface area (Å²) < 4.78 is 1.77. The van der Waals surface area contributed by atoms with Crippen LogP contribution < -0.4 is 10.6 Å². The molecule has 0 bridgehead atoms. The Kier molecular flexibility index (Phi) is 3.91. The molecular formula is C16H18N4O2. The fourth-order valence-corrected chi connectivity index (χ4v) is 2.72. The van der Waals surface area contributed by atoms with E-state index in [0.717, 1.165) is 11.3 Å². The molecule has 0 fully saturated rings. The highest BCUT2D eigenvalue weighted by Crippen LogP contribution is 2.32. The van der Waals surface area contributed by atoms with Gasteiger partial charge in [0.05, 0.1) is 12.5 Å². The van der Waals surface area contributed by atoms with E-state index in [1.54, 1.807) is 10.9 Å². The van der Waals surface area contributed by atoms with Gasteiger partial charge in [0.25, 0.3) is 0 Å². The van der Waals surface area contributed by atoms with Crippen LogP contribution in [0.3, 0.4) is 0 Å². The van der Waals surface area contributed by atoms with Gasteiger partial charge in [-0.15, -0.1) is 0 Å². The maximum absolute atomic E-state index is 12.5. The topological polar surface area (TPSA) is 76.0 Å². The van der Waals surface area contributed by atoms with Crippen molar-refractivity contribution in [1.82, 2.24) is 15.1 Å². The quantitative estimate of drug-likeness (QED) is 0.898. The first kappa shape index (κ1) is 14.3. The van der Waals surface area contributed by atoms with Crippen molar-refractivity contribution >= 4 is 17.5 Å². The maximum Gasteiger partial charge on any atom is 0.228 e. The molecule has 0 unspecified atom stereocenters. The molecule has 2 heterocycles.